The number of pyridine rings is 1. The summed E-state index contributed by atoms with van der Waals surface area (Å²) in [5, 5.41) is 1.07. The number of aromatic nitrogens is 2. The summed E-state index contributed by atoms with van der Waals surface area (Å²) in [6.07, 6.45) is 9.57. The zero-order valence-corrected chi connectivity index (χ0v) is 12.7. The van der Waals surface area contributed by atoms with Gasteiger partial charge in [-0.3, -0.25) is 4.90 Å². The highest BCUT2D eigenvalue weighted by Gasteiger charge is 2.20. The smallest absolute Gasteiger partial charge is 0.137 e. The number of imidazole rings is 1. The number of nitrogens with zero attached hydrogens (tertiary/aromatic N) is 3. The summed E-state index contributed by atoms with van der Waals surface area (Å²) in [6, 6.07) is 6.81. The molecule has 1 unspecified atom stereocenters. The van der Waals surface area contributed by atoms with Crippen LogP contribution >= 0.6 is 15.9 Å². The molecule has 0 radical (unpaired) electrons. The predicted molar refractivity (Wildman–Crippen MR) is 81.7 cm³/mol. The Hall–Kier alpha value is -0.870. The van der Waals surface area contributed by atoms with E-state index in [0.29, 0.717) is 6.04 Å². The van der Waals surface area contributed by atoms with Crippen molar-refractivity contribution in [2.45, 2.75) is 38.3 Å². The van der Waals surface area contributed by atoms with E-state index < -0.39 is 0 Å². The standard InChI is InChI=1S/C15H20BrN3/c16-10-14-6-2-1-4-8-18(14)11-13-12-19-9-5-3-7-15(19)17-13/h3,5,7,9,12,14H,1-2,4,6,8,10-11H2. The molecule has 0 amide bonds. The first kappa shape index (κ1) is 13.1. The van der Waals surface area contributed by atoms with E-state index in [2.05, 4.69) is 43.7 Å². The van der Waals surface area contributed by atoms with Crippen LogP contribution in [0.3, 0.4) is 0 Å². The van der Waals surface area contributed by atoms with Gasteiger partial charge in [0.1, 0.15) is 5.65 Å². The third-order valence-electron chi connectivity index (χ3n) is 3.96. The average molecular weight is 322 g/mol. The van der Waals surface area contributed by atoms with E-state index in [9.17, 15) is 0 Å². The molecular weight excluding hydrogens is 302 g/mol. The van der Waals surface area contributed by atoms with Crippen LogP contribution in [-0.2, 0) is 6.54 Å². The van der Waals surface area contributed by atoms with E-state index in [1.807, 2.05) is 12.1 Å². The van der Waals surface area contributed by atoms with Crippen LogP contribution in [0.1, 0.15) is 31.4 Å². The van der Waals surface area contributed by atoms with Gasteiger partial charge in [-0.1, -0.05) is 34.8 Å². The van der Waals surface area contributed by atoms with Crippen LogP contribution in [0.25, 0.3) is 5.65 Å². The Bertz CT molecular complexity index is 504. The number of halogens is 1. The van der Waals surface area contributed by atoms with Gasteiger partial charge in [-0.25, -0.2) is 4.98 Å². The third-order valence-corrected chi connectivity index (χ3v) is 4.70. The molecule has 0 spiro atoms. The molecule has 0 aliphatic carbocycles. The molecule has 3 rings (SSSR count). The van der Waals surface area contributed by atoms with E-state index in [0.717, 1.165) is 17.5 Å². The first-order chi connectivity index (χ1) is 9.36. The molecule has 1 saturated heterocycles. The van der Waals surface area contributed by atoms with Crippen LogP contribution in [0.15, 0.2) is 30.6 Å². The minimum atomic E-state index is 0.660. The molecular formula is C15H20BrN3. The van der Waals surface area contributed by atoms with Crippen LogP contribution in [-0.4, -0.2) is 32.2 Å². The van der Waals surface area contributed by atoms with Gasteiger partial charge in [-0.05, 0) is 31.5 Å². The number of rotatable bonds is 3. The molecule has 1 atom stereocenters. The molecule has 3 nitrogen and oxygen atoms in total. The fraction of sp³-hybridized carbons (Fsp3) is 0.533. The molecule has 19 heavy (non-hydrogen) atoms. The number of fused-ring (bicyclic) bond motifs is 1. The fourth-order valence-electron chi connectivity index (χ4n) is 2.89. The monoisotopic (exact) mass is 321 g/mol. The van der Waals surface area contributed by atoms with Gasteiger partial charge >= 0.3 is 0 Å². The molecule has 0 aromatic carbocycles. The first-order valence-corrected chi connectivity index (χ1v) is 8.21. The second kappa shape index (κ2) is 6.06. The lowest BCUT2D eigenvalue weighted by Crippen LogP contribution is -2.35. The van der Waals surface area contributed by atoms with Gasteiger partial charge in [-0.2, -0.15) is 0 Å². The maximum Gasteiger partial charge on any atom is 0.137 e. The second-order valence-electron chi connectivity index (χ2n) is 5.33. The molecule has 1 fully saturated rings. The third kappa shape index (κ3) is 3.00. The largest absolute Gasteiger partial charge is 0.307 e. The van der Waals surface area contributed by atoms with Crippen LogP contribution < -0.4 is 0 Å². The molecule has 1 aliphatic rings. The first-order valence-electron chi connectivity index (χ1n) is 7.09. The van der Waals surface area contributed by atoms with Gasteiger partial charge in [0, 0.05) is 30.3 Å². The summed E-state index contributed by atoms with van der Waals surface area (Å²) in [5.41, 5.74) is 2.22. The van der Waals surface area contributed by atoms with Crippen molar-refractivity contribution in [2.75, 3.05) is 11.9 Å². The van der Waals surface area contributed by atoms with E-state index >= 15 is 0 Å². The molecule has 1 aliphatic heterocycles. The van der Waals surface area contributed by atoms with Crippen molar-refractivity contribution in [1.29, 1.82) is 0 Å². The van der Waals surface area contributed by atoms with Gasteiger partial charge in [-0.15, -0.1) is 0 Å². The summed E-state index contributed by atoms with van der Waals surface area (Å²) in [4.78, 5) is 7.30. The van der Waals surface area contributed by atoms with E-state index in [1.165, 1.54) is 37.9 Å². The molecule has 0 N–H and O–H groups in total. The molecule has 2 aromatic heterocycles. The highest BCUT2D eigenvalue weighted by atomic mass is 79.9. The van der Waals surface area contributed by atoms with Crippen molar-refractivity contribution < 1.29 is 0 Å². The number of hydrogen-bond donors (Lipinski definition) is 0. The molecule has 4 heteroatoms. The highest BCUT2D eigenvalue weighted by molar-refractivity contribution is 9.09. The summed E-state index contributed by atoms with van der Waals surface area (Å²) >= 11 is 3.67. The Morgan fingerprint density at radius 2 is 2.21 bits per heavy atom. The maximum absolute atomic E-state index is 4.71. The van der Waals surface area contributed by atoms with Crippen molar-refractivity contribution >= 4 is 21.6 Å². The number of hydrogen-bond acceptors (Lipinski definition) is 2. The van der Waals surface area contributed by atoms with Crippen LogP contribution in [0.4, 0.5) is 0 Å². The molecule has 0 bridgehead atoms. The SMILES string of the molecule is BrCC1CCCCCN1Cc1cn2ccccc2n1. The summed E-state index contributed by atoms with van der Waals surface area (Å²) in [6.45, 7) is 2.17. The van der Waals surface area contributed by atoms with Crippen molar-refractivity contribution in [3.05, 3.63) is 36.3 Å². The predicted octanol–water partition coefficient (Wildman–Crippen LogP) is 3.47. The lowest BCUT2D eigenvalue weighted by Gasteiger charge is -2.27. The zero-order valence-electron chi connectivity index (χ0n) is 11.1. The van der Waals surface area contributed by atoms with Crippen molar-refractivity contribution in [3.8, 4) is 0 Å². The van der Waals surface area contributed by atoms with Crippen molar-refractivity contribution in [2.24, 2.45) is 0 Å². The Morgan fingerprint density at radius 1 is 1.26 bits per heavy atom. The molecule has 102 valence electrons. The molecule has 0 saturated carbocycles. The number of likely N-dealkylation sites (tertiary alicyclic amines) is 1. The van der Waals surface area contributed by atoms with Crippen LogP contribution in [0.5, 0.6) is 0 Å². The Labute approximate surface area is 122 Å². The van der Waals surface area contributed by atoms with Gasteiger partial charge in [0.05, 0.1) is 5.69 Å². The van der Waals surface area contributed by atoms with E-state index in [4.69, 9.17) is 4.98 Å². The van der Waals surface area contributed by atoms with E-state index in [1.54, 1.807) is 0 Å². The Morgan fingerprint density at radius 3 is 3.05 bits per heavy atom. The minimum Gasteiger partial charge on any atom is -0.307 e. The zero-order chi connectivity index (χ0) is 13.1. The lowest BCUT2D eigenvalue weighted by atomic mass is 10.1. The Balaban J connectivity index is 1.78. The van der Waals surface area contributed by atoms with E-state index in [-0.39, 0.29) is 0 Å². The quantitative estimate of drug-likeness (QED) is 0.807. The average Bonchev–Trinajstić information content (AvgIpc) is 2.70. The topological polar surface area (TPSA) is 20.5 Å². The Kier molecular flexibility index (Phi) is 4.18. The normalized spacial score (nSPS) is 21.6. The highest BCUT2D eigenvalue weighted by Crippen LogP contribution is 2.20. The molecule has 2 aromatic rings. The minimum absolute atomic E-state index is 0.660. The summed E-state index contributed by atoms with van der Waals surface area (Å²) < 4.78 is 2.11. The second-order valence-corrected chi connectivity index (χ2v) is 5.97. The van der Waals surface area contributed by atoms with Crippen molar-refractivity contribution in [1.82, 2.24) is 14.3 Å². The van der Waals surface area contributed by atoms with Crippen LogP contribution in [0, 0.1) is 0 Å². The maximum atomic E-state index is 4.71. The number of alkyl halides is 1. The van der Waals surface area contributed by atoms with Gasteiger partial charge < -0.3 is 4.40 Å². The van der Waals surface area contributed by atoms with Crippen molar-refractivity contribution in [3.63, 3.8) is 0 Å². The van der Waals surface area contributed by atoms with Gasteiger partial charge in [0.15, 0.2) is 0 Å². The van der Waals surface area contributed by atoms with Crippen LogP contribution in [0.2, 0.25) is 0 Å². The summed E-state index contributed by atoms with van der Waals surface area (Å²) in [5.74, 6) is 0. The molecule has 3 heterocycles. The van der Waals surface area contributed by atoms with Gasteiger partial charge in [0.2, 0.25) is 0 Å². The fourth-order valence-corrected chi connectivity index (χ4v) is 3.62. The lowest BCUT2D eigenvalue weighted by molar-refractivity contribution is 0.207. The van der Waals surface area contributed by atoms with Gasteiger partial charge in [0.25, 0.3) is 0 Å². The summed E-state index contributed by atoms with van der Waals surface area (Å²) in [7, 11) is 0.